The van der Waals surface area contributed by atoms with Gasteiger partial charge >= 0.3 is 6.18 Å². The fourth-order valence-electron chi connectivity index (χ4n) is 1.66. The molecule has 0 aliphatic heterocycles. The first kappa shape index (κ1) is 13.3. The van der Waals surface area contributed by atoms with Crippen molar-refractivity contribution in [2.45, 2.75) is 13.1 Å². The van der Waals surface area contributed by atoms with Crippen molar-refractivity contribution >= 4 is 11.4 Å². The first-order valence-corrected chi connectivity index (χ1v) is 5.75. The molecule has 2 rings (SSSR count). The molecule has 0 heterocycles. The zero-order valence-electron chi connectivity index (χ0n) is 10.3. The molecule has 0 atom stereocenters. The van der Waals surface area contributed by atoms with Crippen LogP contribution in [0.3, 0.4) is 0 Å². The molecule has 0 aliphatic carbocycles. The van der Waals surface area contributed by atoms with Crippen LogP contribution in [0.5, 0.6) is 0 Å². The van der Waals surface area contributed by atoms with Gasteiger partial charge in [-0.3, -0.25) is 4.99 Å². The topological polar surface area (TPSA) is 12.4 Å². The van der Waals surface area contributed by atoms with E-state index in [1.807, 2.05) is 30.3 Å². The van der Waals surface area contributed by atoms with Gasteiger partial charge in [0.1, 0.15) is 0 Å². The lowest BCUT2D eigenvalue weighted by atomic mass is 10.1. The summed E-state index contributed by atoms with van der Waals surface area (Å²) >= 11 is 0. The molecule has 4 heteroatoms. The van der Waals surface area contributed by atoms with Crippen LogP contribution in [-0.2, 0) is 6.18 Å². The molecule has 2 aromatic rings. The van der Waals surface area contributed by atoms with Crippen LogP contribution in [0.4, 0.5) is 18.9 Å². The number of benzene rings is 2. The minimum atomic E-state index is -4.30. The number of nitrogens with zero attached hydrogens (tertiary/aromatic N) is 1. The lowest BCUT2D eigenvalue weighted by Crippen LogP contribution is -2.05. The van der Waals surface area contributed by atoms with E-state index in [4.69, 9.17) is 0 Å². The standard InChI is InChI=1S/C15H12F3N/c1-11(19-14-5-3-2-4-6-14)12-7-9-13(10-8-12)15(16,17)18/h2-10H,1H3/i19+1. The third-order valence-corrected chi connectivity index (χ3v) is 2.68. The van der Waals surface area contributed by atoms with Crippen molar-refractivity contribution in [1.29, 1.82) is 0 Å². The third-order valence-electron chi connectivity index (χ3n) is 2.68. The minimum Gasteiger partial charge on any atom is -0.253 e. The molecular formula is C15H12F3N. The summed E-state index contributed by atoms with van der Waals surface area (Å²) in [6.45, 7) is 1.77. The van der Waals surface area contributed by atoms with Crippen molar-refractivity contribution in [3.8, 4) is 0 Å². The largest absolute Gasteiger partial charge is 0.416 e. The molecule has 0 amide bonds. The summed E-state index contributed by atoms with van der Waals surface area (Å²) in [6.07, 6.45) is -4.30. The van der Waals surface area contributed by atoms with Gasteiger partial charge in [-0.2, -0.15) is 13.2 Å². The van der Waals surface area contributed by atoms with Crippen molar-refractivity contribution in [1.82, 2.24) is 0 Å². The van der Waals surface area contributed by atoms with Crippen molar-refractivity contribution in [3.05, 3.63) is 65.7 Å². The van der Waals surface area contributed by atoms with E-state index in [1.165, 1.54) is 12.1 Å². The van der Waals surface area contributed by atoms with Gasteiger partial charge in [0.05, 0.1) is 11.3 Å². The highest BCUT2D eigenvalue weighted by molar-refractivity contribution is 6.00. The van der Waals surface area contributed by atoms with Crippen LogP contribution in [0.25, 0.3) is 0 Å². The summed E-state index contributed by atoms with van der Waals surface area (Å²) < 4.78 is 37.3. The number of rotatable bonds is 2. The molecule has 0 aliphatic rings. The summed E-state index contributed by atoms with van der Waals surface area (Å²) in [4.78, 5) is 4.36. The molecule has 0 aromatic heterocycles. The fourth-order valence-corrected chi connectivity index (χ4v) is 1.66. The van der Waals surface area contributed by atoms with Gasteiger partial charge < -0.3 is 0 Å². The number of halogens is 3. The summed E-state index contributed by atoms with van der Waals surface area (Å²) in [6, 6.07) is 14.3. The monoisotopic (exact) mass is 264 g/mol. The number of hydrogen-bond acceptors (Lipinski definition) is 1. The molecule has 0 radical (unpaired) electrons. The first-order chi connectivity index (χ1) is 8.97. The molecular weight excluding hydrogens is 252 g/mol. The minimum absolute atomic E-state index is 0.649. The zero-order valence-corrected chi connectivity index (χ0v) is 10.3. The highest BCUT2D eigenvalue weighted by Gasteiger charge is 2.29. The molecule has 0 fully saturated rings. The second kappa shape index (κ2) is 5.26. The Bertz CT molecular complexity index is 569. The first-order valence-electron chi connectivity index (χ1n) is 5.75. The summed E-state index contributed by atoms with van der Waals surface area (Å²) in [7, 11) is 0. The van der Waals surface area contributed by atoms with Crippen molar-refractivity contribution in [2.75, 3.05) is 0 Å². The van der Waals surface area contributed by atoms with Gasteiger partial charge in [0.25, 0.3) is 0 Å². The lowest BCUT2D eigenvalue weighted by Gasteiger charge is -2.07. The number of alkyl halides is 3. The molecule has 0 saturated heterocycles. The summed E-state index contributed by atoms with van der Waals surface area (Å²) in [5.74, 6) is 0. The van der Waals surface area contributed by atoms with Gasteiger partial charge in [-0.05, 0) is 36.8 Å². The highest BCUT2D eigenvalue weighted by atomic mass is 19.4. The zero-order chi connectivity index (χ0) is 13.9. The molecule has 0 spiro atoms. The second-order valence-corrected chi connectivity index (χ2v) is 4.11. The van der Waals surface area contributed by atoms with Crippen LogP contribution in [0, 0.1) is 0 Å². The predicted molar refractivity (Wildman–Crippen MR) is 69.8 cm³/mol. The highest BCUT2D eigenvalue weighted by Crippen LogP contribution is 2.29. The molecule has 98 valence electrons. The average molecular weight is 264 g/mol. The number of aliphatic imine (C=N–C) groups is 1. The molecule has 0 unspecified atom stereocenters. The number of para-hydroxylation sites is 1. The molecule has 2 aromatic carbocycles. The Hall–Kier alpha value is -2.10. The van der Waals surface area contributed by atoms with E-state index in [0.29, 0.717) is 11.3 Å². The molecule has 0 saturated carbocycles. The van der Waals surface area contributed by atoms with Crippen LogP contribution < -0.4 is 0 Å². The normalized spacial score (nSPS) is 12.5. The fraction of sp³-hybridized carbons (Fsp3) is 0.133. The maximum atomic E-state index is 12.4. The Kier molecular flexibility index (Phi) is 3.69. The van der Waals surface area contributed by atoms with E-state index < -0.39 is 11.7 Å². The Morgan fingerprint density at radius 1 is 0.895 bits per heavy atom. The van der Waals surface area contributed by atoms with Crippen LogP contribution in [0.2, 0.25) is 0 Å². The molecule has 1 nitrogen and oxygen atoms in total. The van der Waals surface area contributed by atoms with Gasteiger partial charge in [0.2, 0.25) is 0 Å². The molecule has 19 heavy (non-hydrogen) atoms. The Morgan fingerprint density at radius 3 is 2.00 bits per heavy atom. The summed E-state index contributed by atoms with van der Waals surface area (Å²) in [5.41, 5.74) is 1.49. The van der Waals surface area contributed by atoms with Crippen LogP contribution in [-0.4, -0.2) is 5.71 Å². The van der Waals surface area contributed by atoms with Gasteiger partial charge in [-0.1, -0.05) is 30.3 Å². The molecule has 0 N–H and O–H groups in total. The third kappa shape index (κ3) is 3.44. The Balaban J connectivity index is 2.25. The van der Waals surface area contributed by atoms with E-state index in [-0.39, 0.29) is 0 Å². The Morgan fingerprint density at radius 2 is 1.47 bits per heavy atom. The lowest BCUT2D eigenvalue weighted by molar-refractivity contribution is -0.137. The van der Waals surface area contributed by atoms with E-state index in [1.54, 1.807) is 6.92 Å². The van der Waals surface area contributed by atoms with Gasteiger partial charge in [0.15, 0.2) is 0 Å². The van der Waals surface area contributed by atoms with E-state index >= 15 is 0 Å². The maximum Gasteiger partial charge on any atom is 0.416 e. The van der Waals surface area contributed by atoms with Crippen LogP contribution in [0.1, 0.15) is 18.1 Å². The summed E-state index contributed by atoms with van der Waals surface area (Å²) in [5, 5.41) is 0. The molecule has 0 bridgehead atoms. The van der Waals surface area contributed by atoms with Crippen molar-refractivity contribution < 1.29 is 13.2 Å². The quantitative estimate of drug-likeness (QED) is 0.543. The van der Waals surface area contributed by atoms with E-state index in [0.717, 1.165) is 17.8 Å². The SMILES string of the molecule is CC(=[15N]c1ccccc1)c1ccc(C(F)(F)F)cc1. The maximum absolute atomic E-state index is 12.4. The van der Waals surface area contributed by atoms with Gasteiger partial charge in [-0.25, -0.2) is 0 Å². The van der Waals surface area contributed by atoms with Crippen molar-refractivity contribution in [3.63, 3.8) is 0 Å². The number of hydrogen-bond donors (Lipinski definition) is 0. The van der Waals surface area contributed by atoms with Crippen molar-refractivity contribution in [2.24, 2.45) is 4.99 Å². The Labute approximate surface area is 109 Å². The smallest absolute Gasteiger partial charge is 0.253 e. The van der Waals surface area contributed by atoms with E-state index in [2.05, 4.69) is 4.99 Å². The second-order valence-electron chi connectivity index (χ2n) is 4.11. The van der Waals surface area contributed by atoms with E-state index in [9.17, 15) is 13.2 Å². The van der Waals surface area contributed by atoms with Gasteiger partial charge in [-0.15, -0.1) is 0 Å². The van der Waals surface area contributed by atoms with Crippen LogP contribution >= 0.6 is 0 Å². The van der Waals surface area contributed by atoms with Crippen LogP contribution in [0.15, 0.2) is 59.6 Å². The average Bonchev–Trinajstić information content (AvgIpc) is 2.39. The van der Waals surface area contributed by atoms with Gasteiger partial charge in [0, 0.05) is 5.71 Å². The predicted octanol–water partition coefficient (Wildman–Crippen LogP) is 4.85.